The monoisotopic (exact) mass is 274 g/mol. The average Bonchev–Trinajstić information content (AvgIpc) is 2.84. The molecule has 1 aromatic heterocycles. The number of hydrogen-bond donors (Lipinski definition) is 2. The number of ether oxygens (including phenoxy) is 2. The van der Waals surface area contributed by atoms with Crippen molar-refractivity contribution in [2.75, 3.05) is 31.8 Å². The van der Waals surface area contributed by atoms with Gasteiger partial charge < -0.3 is 20.5 Å². The van der Waals surface area contributed by atoms with Crippen LogP contribution in [0.5, 0.6) is 11.5 Å². The van der Waals surface area contributed by atoms with Gasteiger partial charge in [0.1, 0.15) is 23.0 Å². The molecule has 0 saturated carbocycles. The van der Waals surface area contributed by atoms with Gasteiger partial charge in [0.05, 0.1) is 14.2 Å². The van der Waals surface area contributed by atoms with Crippen molar-refractivity contribution in [1.29, 1.82) is 0 Å². The number of anilines is 2. The Morgan fingerprint density at radius 3 is 2.85 bits per heavy atom. The fourth-order valence-corrected chi connectivity index (χ4v) is 2.46. The number of rotatable bonds is 3. The molecule has 106 valence electrons. The third kappa shape index (κ3) is 1.93. The third-order valence-electron chi connectivity index (χ3n) is 3.51. The van der Waals surface area contributed by atoms with E-state index in [1.807, 2.05) is 22.8 Å². The molecule has 3 N–H and O–H groups in total. The Bertz CT molecular complexity index is 636. The molecule has 3 rings (SSSR count). The summed E-state index contributed by atoms with van der Waals surface area (Å²) in [5.74, 6) is 2.93. The number of nitrogens with one attached hydrogen (secondary N) is 1. The molecule has 1 aliphatic heterocycles. The number of nitrogens with zero attached hydrogens (tertiary/aromatic N) is 2. The summed E-state index contributed by atoms with van der Waals surface area (Å²) in [6.45, 7) is 1.81. The summed E-state index contributed by atoms with van der Waals surface area (Å²) < 4.78 is 12.6. The predicted molar refractivity (Wildman–Crippen MR) is 78.3 cm³/mol. The van der Waals surface area contributed by atoms with Gasteiger partial charge in [-0.2, -0.15) is 0 Å². The van der Waals surface area contributed by atoms with Crippen LogP contribution in [0.3, 0.4) is 0 Å². The van der Waals surface area contributed by atoms with Crippen LogP contribution in [0, 0.1) is 0 Å². The molecule has 0 saturated heterocycles. The Morgan fingerprint density at radius 1 is 1.30 bits per heavy atom. The molecule has 0 spiro atoms. The maximum absolute atomic E-state index is 6.22. The highest BCUT2D eigenvalue weighted by molar-refractivity contribution is 5.78. The van der Waals surface area contributed by atoms with Gasteiger partial charge in [0.2, 0.25) is 5.95 Å². The number of imidazole rings is 1. The highest BCUT2D eigenvalue weighted by atomic mass is 16.5. The van der Waals surface area contributed by atoms with Crippen molar-refractivity contribution < 1.29 is 9.47 Å². The van der Waals surface area contributed by atoms with E-state index in [0.717, 1.165) is 42.5 Å². The molecule has 0 unspecified atom stereocenters. The molecule has 2 aromatic rings. The molecular weight excluding hydrogens is 256 g/mol. The molecule has 0 aliphatic carbocycles. The third-order valence-corrected chi connectivity index (χ3v) is 3.51. The zero-order valence-corrected chi connectivity index (χ0v) is 11.6. The van der Waals surface area contributed by atoms with Gasteiger partial charge >= 0.3 is 0 Å². The minimum absolute atomic E-state index is 0.663. The van der Waals surface area contributed by atoms with E-state index in [1.165, 1.54) is 0 Å². The van der Waals surface area contributed by atoms with Crippen LogP contribution in [0.1, 0.15) is 6.42 Å². The second kappa shape index (κ2) is 4.96. The quantitative estimate of drug-likeness (QED) is 0.895. The molecule has 20 heavy (non-hydrogen) atoms. The van der Waals surface area contributed by atoms with Crippen LogP contribution < -0.4 is 20.5 Å². The molecule has 2 heterocycles. The summed E-state index contributed by atoms with van der Waals surface area (Å²) in [5.41, 5.74) is 7.84. The number of methoxy groups -OCH3 is 2. The fraction of sp³-hybridized carbons (Fsp3) is 0.357. The second-order valence-electron chi connectivity index (χ2n) is 4.67. The number of fused-ring (bicyclic) bond motifs is 1. The summed E-state index contributed by atoms with van der Waals surface area (Å²) >= 11 is 0. The number of nitrogen functional groups attached to an aromatic ring is 1. The molecule has 1 aliphatic rings. The van der Waals surface area contributed by atoms with Crippen molar-refractivity contribution in [3.63, 3.8) is 0 Å². The van der Waals surface area contributed by atoms with Crippen LogP contribution in [-0.2, 0) is 6.54 Å². The smallest absolute Gasteiger partial charge is 0.205 e. The molecular formula is C14H18N4O2. The number of benzene rings is 1. The van der Waals surface area contributed by atoms with Gasteiger partial charge in [-0.1, -0.05) is 0 Å². The second-order valence-corrected chi connectivity index (χ2v) is 4.67. The first-order valence-electron chi connectivity index (χ1n) is 6.57. The van der Waals surface area contributed by atoms with E-state index in [9.17, 15) is 0 Å². The largest absolute Gasteiger partial charge is 0.497 e. The first kappa shape index (κ1) is 12.7. The first-order chi connectivity index (χ1) is 9.74. The van der Waals surface area contributed by atoms with E-state index in [-0.39, 0.29) is 0 Å². The molecule has 0 atom stereocenters. The van der Waals surface area contributed by atoms with Crippen LogP contribution in [0.2, 0.25) is 0 Å². The maximum atomic E-state index is 6.22. The lowest BCUT2D eigenvalue weighted by Crippen LogP contribution is -2.18. The number of aromatic nitrogens is 2. The molecule has 0 fully saturated rings. The van der Waals surface area contributed by atoms with Gasteiger partial charge in [-0.3, -0.25) is 4.57 Å². The van der Waals surface area contributed by atoms with Gasteiger partial charge in [-0.25, -0.2) is 4.98 Å². The van der Waals surface area contributed by atoms with Gasteiger partial charge in [-0.05, 0) is 18.6 Å². The van der Waals surface area contributed by atoms with Gasteiger partial charge in [0.25, 0.3) is 0 Å². The highest BCUT2D eigenvalue weighted by Crippen LogP contribution is 2.37. The topological polar surface area (TPSA) is 74.3 Å². The summed E-state index contributed by atoms with van der Waals surface area (Å²) in [6, 6.07) is 5.63. The van der Waals surface area contributed by atoms with E-state index in [2.05, 4.69) is 10.3 Å². The van der Waals surface area contributed by atoms with Crippen LogP contribution in [-0.4, -0.2) is 30.3 Å². The minimum atomic E-state index is 0.663. The highest BCUT2D eigenvalue weighted by Gasteiger charge is 2.21. The Morgan fingerprint density at radius 2 is 2.15 bits per heavy atom. The van der Waals surface area contributed by atoms with Gasteiger partial charge in [0.15, 0.2) is 0 Å². The number of nitrogens with two attached hydrogens (primary N) is 1. The van der Waals surface area contributed by atoms with Crippen molar-refractivity contribution in [2.45, 2.75) is 13.0 Å². The first-order valence-corrected chi connectivity index (χ1v) is 6.57. The molecule has 0 bridgehead atoms. The lowest BCUT2D eigenvalue weighted by atomic mass is 10.1. The predicted octanol–water partition coefficient (Wildman–Crippen LogP) is 1.97. The van der Waals surface area contributed by atoms with Gasteiger partial charge in [-0.15, -0.1) is 0 Å². The van der Waals surface area contributed by atoms with E-state index in [1.54, 1.807) is 14.2 Å². The molecule has 1 aromatic carbocycles. The van der Waals surface area contributed by atoms with E-state index in [0.29, 0.717) is 11.6 Å². The van der Waals surface area contributed by atoms with Gasteiger partial charge in [0, 0.05) is 24.7 Å². The average molecular weight is 274 g/mol. The van der Waals surface area contributed by atoms with E-state index in [4.69, 9.17) is 15.2 Å². The Balaban J connectivity index is 2.11. The summed E-state index contributed by atoms with van der Waals surface area (Å²) in [6.07, 6.45) is 1.05. The molecule has 6 heteroatoms. The minimum Gasteiger partial charge on any atom is -0.497 e. The maximum Gasteiger partial charge on any atom is 0.205 e. The van der Waals surface area contributed by atoms with E-state index < -0.39 is 0 Å². The zero-order chi connectivity index (χ0) is 14.1. The standard InChI is InChI=1S/C14H18N4O2/c1-19-9-4-5-10(11(8-9)20-2)12-13(15)18-7-3-6-16-14(18)17-12/h4-5,8H,3,6-7,15H2,1-2H3,(H,16,17). The van der Waals surface area contributed by atoms with Crippen molar-refractivity contribution in [1.82, 2.24) is 9.55 Å². The Hall–Kier alpha value is -2.37. The normalized spacial score (nSPS) is 13.5. The van der Waals surface area contributed by atoms with Crippen molar-refractivity contribution >= 4 is 11.8 Å². The summed E-state index contributed by atoms with van der Waals surface area (Å²) in [4.78, 5) is 4.59. The lowest BCUT2D eigenvalue weighted by Gasteiger charge is -2.16. The zero-order valence-electron chi connectivity index (χ0n) is 11.6. The van der Waals surface area contributed by atoms with Crippen molar-refractivity contribution in [2.24, 2.45) is 0 Å². The van der Waals surface area contributed by atoms with E-state index >= 15 is 0 Å². The van der Waals surface area contributed by atoms with Crippen molar-refractivity contribution in [3.05, 3.63) is 18.2 Å². The molecule has 0 radical (unpaired) electrons. The van der Waals surface area contributed by atoms with Crippen LogP contribution in [0.4, 0.5) is 11.8 Å². The lowest BCUT2D eigenvalue weighted by molar-refractivity contribution is 0.395. The van der Waals surface area contributed by atoms with Crippen LogP contribution >= 0.6 is 0 Å². The van der Waals surface area contributed by atoms with Crippen LogP contribution in [0.15, 0.2) is 18.2 Å². The molecule has 0 amide bonds. The molecule has 6 nitrogen and oxygen atoms in total. The Labute approximate surface area is 117 Å². The van der Waals surface area contributed by atoms with Crippen molar-refractivity contribution in [3.8, 4) is 22.8 Å². The summed E-state index contributed by atoms with van der Waals surface area (Å²) in [7, 11) is 3.25. The fourth-order valence-electron chi connectivity index (χ4n) is 2.46. The summed E-state index contributed by atoms with van der Waals surface area (Å²) in [5, 5.41) is 3.26. The SMILES string of the molecule is COc1ccc(-c2nc3n(c2N)CCCN3)c(OC)c1. The number of hydrogen-bond acceptors (Lipinski definition) is 5. The Kier molecular flexibility index (Phi) is 3.14. The van der Waals surface area contributed by atoms with Crippen LogP contribution in [0.25, 0.3) is 11.3 Å².